The molecule has 2 aliphatic carbocycles. The summed E-state index contributed by atoms with van der Waals surface area (Å²) in [7, 11) is 0.732. The molecular formula is C15H30P2. The summed E-state index contributed by atoms with van der Waals surface area (Å²) in [6.45, 7) is 5.24. The van der Waals surface area contributed by atoms with Crippen molar-refractivity contribution < 1.29 is 0 Å². The first-order valence-electron chi connectivity index (χ1n) is 7.68. The summed E-state index contributed by atoms with van der Waals surface area (Å²) in [6, 6.07) is 0. The predicted octanol–water partition coefficient (Wildman–Crippen LogP) is 5.83. The lowest BCUT2D eigenvalue weighted by Gasteiger charge is -2.34. The van der Waals surface area contributed by atoms with Crippen LogP contribution in [-0.2, 0) is 0 Å². The molecule has 0 aliphatic heterocycles. The van der Waals surface area contributed by atoms with Crippen molar-refractivity contribution in [3.8, 4) is 0 Å². The quantitative estimate of drug-likeness (QED) is 0.564. The van der Waals surface area contributed by atoms with Gasteiger partial charge in [-0.2, -0.15) is 0 Å². The number of hydrogen-bond acceptors (Lipinski definition) is 0. The van der Waals surface area contributed by atoms with Crippen LogP contribution in [0.2, 0.25) is 0 Å². The van der Waals surface area contributed by atoms with E-state index in [-0.39, 0.29) is 0 Å². The molecule has 0 nitrogen and oxygen atoms in total. The molecule has 0 radical (unpaired) electrons. The summed E-state index contributed by atoms with van der Waals surface area (Å²) in [6.07, 6.45) is 15.4. The molecule has 2 saturated carbocycles. The lowest BCUT2D eigenvalue weighted by Crippen LogP contribution is -2.15. The van der Waals surface area contributed by atoms with E-state index in [4.69, 9.17) is 0 Å². The third-order valence-electron chi connectivity index (χ3n) is 4.84. The van der Waals surface area contributed by atoms with Crippen molar-refractivity contribution in [2.24, 2.45) is 0 Å². The van der Waals surface area contributed by atoms with Gasteiger partial charge in [-0.1, -0.05) is 38.5 Å². The van der Waals surface area contributed by atoms with E-state index in [1.165, 1.54) is 38.5 Å². The molecule has 0 heterocycles. The Balaban J connectivity index is 1.74. The Morgan fingerprint density at radius 2 is 1.00 bits per heavy atom. The molecular weight excluding hydrogens is 242 g/mol. The summed E-state index contributed by atoms with van der Waals surface area (Å²) in [5.41, 5.74) is 2.29. The first-order valence-corrected chi connectivity index (χ1v) is 11.8. The zero-order chi connectivity index (χ0) is 12.1. The van der Waals surface area contributed by atoms with Crippen molar-refractivity contribution in [2.45, 2.75) is 75.5 Å². The third kappa shape index (κ3) is 4.47. The van der Waals surface area contributed by atoms with Crippen LogP contribution >= 0.6 is 15.8 Å². The van der Waals surface area contributed by atoms with Crippen LogP contribution in [0.3, 0.4) is 0 Å². The van der Waals surface area contributed by atoms with Crippen molar-refractivity contribution >= 4 is 15.8 Å². The molecule has 2 atom stereocenters. The first-order chi connectivity index (χ1) is 8.27. The Labute approximate surface area is 111 Å². The molecule has 0 N–H and O–H groups in total. The fourth-order valence-corrected chi connectivity index (χ4v) is 10.8. The van der Waals surface area contributed by atoms with Gasteiger partial charge >= 0.3 is 0 Å². The van der Waals surface area contributed by atoms with Crippen molar-refractivity contribution in [3.63, 3.8) is 0 Å². The van der Waals surface area contributed by atoms with Crippen LogP contribution in [0, 0.1) is 0 Å². The second kappa shape index (κ2) is 7.45. The van der Waals surface area contributed by atoms with Crippen LogP contribution in [0.5, 0.6) is 0 Å². The van der Waals surface area contributed by atoms with Crippen LogP contribution in [0.25, 0.3) is 0 Å². The van der Waals surface area contributed by atoms with Gasteiger partial charge in [0.2, 0.25) is 0 Å². The van der Waals surface area contributed by atoms with E-state index >= 15 is 0 Å². The molecule has 0 aromatic rings. The molecule has 0 unspecified atom stereocenters. The van der Waals surface area contributed by atoms with Gasteiger partial charge in [0, 0.05) is 0 Å². The molecule has 0 amide bonds. The zero-order valence-corrected chi connectivity index (χ0v) is 13.6. The Morgan fingerprint density at radius 1 is 0.647 bits per heavy atom. The van der Waals surface area contributed by atoms with Crippen LogP contribution < -0.4 is 0 Å². The van der Waals surface area contributed by atoms with Gasteiger partial charge in [0.1, 0.15) is 0 Å². The van der Waals surface area contributed by atoms with Gasteiger partial charge in [-0.25, -0.2) is 0 Å². The highest BCUT2D eigenvalue weighted by molar-refractivity contribution is 7.74. The molecule has 100 valence electrons. The topological polar surface area (TPSA) is 0 Å². The molecule has 0 spiro atoms. The molecule has 0 bridgehead atoms. The van der Waals surface area contributed by atoms with Crippen molar-refractivity contribution in [1.29, 1.82) is 0 Å². The van der Waals surface area contributed by atoms with E-state index in [2.05, 4.69) is 13.3 Å². The Morgan fingerprint density at radius 3 is 1.35 bits per heavy atom. The molecule has 2 heteroatoms. The maximum atomic E-state index is 2.62. The van der Waals surface area contributed by atoms with Gasteiger partial charge in [0.15, 0.2) is 0 Å². The van der Waals surface area contributed by atoms with Crippen LogP contribution in [-0.4, -0.2) is 30.6 Å². The maximum Gasteiger partial charge on any atom is -0.0120 e. The predicted molar refractivity (Wildman–Crippen MR) is 84.3 cm³/mol. The molecule has 17 heavy (non-hydrogen) atoms. The van der Waals surface area contributed by atoms with Crippen LogP contribution in [0.1, 0.15) is 64.2 Å². The summed E-state index contributed by atoms with van der Waals surface area (Å²) in [5.74, 6) is 1.64. The van der Waals surface area contributed by atoms with E-state index in [0.717, 1.165) is 11.3 Å². The molecule has 2 rings (SSSR count). The Bertz CT molecular complexity index is 183. The van der Waals surface area contributed by atoms with Gasteiger partial charge in [-0.05, 0) is 56.2 Å². The second-order valence-electron chi connectivity index (χ2n) is 6.24. The van der Waals surface area contributed by atoms with E-state index in [0.29, 0.717) is 15.8 Å². The highest BCUT2D eigenvalue weighted by Crippen LogP contribution is 2.57. The maximum absolute atomic E-state index is 2.62. The highest BCUT2D eigenvalue weighted by Gasteiger charge is 2.25. The zero-order valence-electron chi connectivity index (χ0n) is 11.8. The fourth-order valence-electron chi connectivity index (χ4n) is 3.63. The van der Waals surface area contributed by atoms with Crippen LogP contribution in [0.15, 0.2) is 0 Å². The lowest BCUT2D eigenvalue weighted by atomic mass is 10.0. The largest absolute Gasteiger partial charge is 0.102 e. The Kier molecular flexibility index (Phi) is 6.25. The third-order valence-corrected chi connectivity index (χ3v) is 11.9. The summed E-state index contributed by atoms with van der Waals surface area (Å²) < 4.78 is 0. The lowest BCUT2D eigenvalue weighted by molar-refractivity contribution is 0.509. The minimum Gasteiger partial charge on any atom is -0.102 e. The van der Waals surface area contributed by atoms with Crippen LogP contribution in [0.4, 0.5) is 0 Å². The minimum atomic E-state index is 0.366. The Hall–Kier alpha value is 0.860. The normalized spacial score (nSPS) is 27.9. The average molecular weight is 272 g/mol. The van der Waals surface area contributed by atoms with E-state index in [9.17, 15) is 0 Å². The van der Waals surface area contributed by atoms with E-state index in [1.54, 1.807) is 31.6 Å². The van der Waals surface area contributed by atoms with Crippen molar-refractivity contribution in [3.05, 3.63) is 0 Å². The molecule has 2 aliphatic rings. The van der Waals surface area contributed by atoms with Gasteiger partial charge < -0.3 is 0 Å². The SMILES string of the molecule is C[P@](C[P@](C)C1CCCCC1)C1CCCCC1. The smallest absolute Gasteiger partial charge is 0.0120 e. The fraction of sp³-hybridized carbons (Fsp3) is 1.00. The van der Waals surface area contributed by atoms with Gasteiger partial charge in [0.05, 0.1) is 0 Å². The molecule has 0 aromatic carbocycles. The molecule has 0 saturated heterocycles. The van der Waals surface area contributed by atoms with Crippen molar-refractivity contribution in [1.82, 2.24) is 0 Å². The second-order valence-corrected chi connectivity index (χ2v) is 11.9. The monoisotopic (exact) mass is 272 g/mol. The number of hydrogen-bond donors (Lipinski definition) is 0. The molecule has 2 fully saturated rings. The minimum absolute atomic E-state index is 0.366. The molecule has 0 aromatic heterocycles. The van der Waals surface area contributed by atoms with Crippen molar-refractivity contribution in [2.75, 3.05) is 19.2 Å². The summed E-state index contributed by atoms with van der Waals surface area (Å²) in [4.78, 5) is 0. The van der Waals surface area contributed by atoms with Gasteiger partial charge in [-0.3, -0.25) is 0 Å². The van der Waals surface area contributed by atoms with E-state index < -0.39 is 0 Å². The summed E-state index contributed by atoms with van der Waals surface area (Å²) >= 11 is 0. The van der Waals surface area contributed by atoms with Gasteiger partial charge in [-0.15, -0.1) is 15.8 Å². The summed E-state index contributed by atoms with van der Waals surface area (Å²) in [5, 5.41) is 0. The standard InChI is InChI=1S/C15H30P2/c1-16(14-9-5-3-6-10-14)13-17(2)15-11-7-4-8-12-15/h14-15H,3-13H2,1-2H3/t16-,17+. The highest BCUT2D eigenvalue weighted by atomic mass is 31.2. The van der Waals surface area contributed by atoms with E-state index in [1.807, 2.05) is 0 Å². The first kappa shape index (κ1) is 14.3. The number of rotatable bonds is 4. The van der Waals surface area contributed by atoms with Gasteiger partial charge in [0.25, 0.3) is 0 Å². The average Bonchev–Trinajstić information content (AvgIpc) is 2.40.